The van der Waals surface area contributed by atoms with E-state index in [9.17, 15) is 13.2 Å². The molecule has 7 nitrogen and oxygen atoms in total. The maximum absolute atomic E-state index is 13.0. The number of ether oxygens (including phenoxy) is 2. The highest BCUT2D eigenvalue weighted by Crippen LogP contribution is 2.26. The van der Waals surface area contributed by atoms with Crippen molar-refractivity contribution >= 4 is 15.9 Å². The van der Waals surface area contributed by atoms with Gasteiger partial charge < -0.3 is 14.4 Å². The topological polar surface area (TPSA) is 84.9 Å². The zero-order chi connectivity index (χ0) is 20.9. The fraction of sp³-hybridized carbons (Fsp3) is 0.381. The van der Waals surface area contributed by atoms with Crippen molar-refractivity contribution in [2.75, 3.05) is 33.4 Å². The van der Waals surface area contributed by atoms with Crippen molar-refractivity contribution in [1.82, 2.24) is 9.62 Å². The molecule has 0 aliphatic carbocycles. The average Bonchev–Trinajstić information content (AvgIpc) is 2.77. The van der Waals surface area contributed by atoms with Gasteiger partial charge in [0.2, 0.25) is 10.0 Å². The first-order valence-electron chi connectivity index (χ1n) is 9.58. The van der Waals surface area contributed by atoms with E-state index in [1.807, 2.05) is 37.3 Å². The molecule has 1 atom stereocenters. The normalized spacial score (nSPS) is 15.7. The smallest absolute Gasteiger partial charge is 0.257 e. The summed E-state index contributed by atoms with van der Waals surface area (Å²) in [7, 11) is -2.37. The van der Waals surface area contributed by atoms with Gasteiger partial charge in [-0.15, -0.1) is 0 Å². The third-order valence-electron chi connectivity index (χ3n) is 4.92. The summed E-state index contributed by atoms with van der Waals surface area (Å²) >= 11 is 0. The predicted molar refractivity (Wildman–Crippen MR) is 110 cm³/mol. The maximum Gasteiger partial charge on any atom is 0.257 e. The van der Waals surface area contributed by atoms with E-state index < -0.39 is 10.0 Å². The molecule has 2 aromatic carbocycles. The highest BCUT2D eigenvalue weighted by Gasteiger charge is 2.26. The van der Waals surface area contributed by atoms with E-state index in [1.54, 1.807) is 4.90 Å². The predicted octanol–water partition coefficient (Wildman–Crippen LogP) is 2.60. The molecule has 8 heteroatoms. The monoisotopic (exact) mass is 418 g/mol. The van der Waals surface area contributed by atoms with Gasteiger partial charge in [0.25, 0.3) is 5.91 Å². The molecule has 1 N–H and O–H groups in total. The van der Waals surface area contributed by atoms with Gasteiger partial charge in [0.15, 0.2) is 0 Å². The second-order valence-electron chi connectivity index (χ2n) is 6.76. The summed E-state index contributed by atoms with van der Waals surface area (Å²) in [6.07, 6.45) is 0.596. The SMILES string of the molecule is CC[C@H](NS(=O)(=O)c1ccc(OC)c(C(=O)N2CCOCC2)c1)c1ccccc1. The Morgan fingerprint density at radius 3 is 2.48 bits per heavy atom. The maximum atomic E-state index is 13.0. The summed E-state index contributed by atoms with van der Waals surface area (Å²) in [6, 6.07) is 13.4. The van der Waals surface area contributed by atoms with E-state index in [2.05, 4.69) is 4.72 Å². The van der Waals surface area contributed by atoms with Gasteiger partial charge in [0.1, 0.15) is 5.75 Å². The summed E-state index contributed by atoms with van der Waals surface area (Å²) in [5.41, 5.74) is 1.11. The first-order valence-corrected chi connectivity index (χ1v) is 11.1. The van der Waals surface area contributed by atoms with Crippen molar-refractivity contribution in [2.45, 2.75) is 24.3 Å². The van der Waals surface area contributed by atoms with Crippen LogP contribution < -0.4 is 9.46 Å². The van der Waals surface area contributed by atoms with Crippen molar-refractivity contribution in [3.8, 4) is 5.75 Å². The molecule has 29 heavy (non-hydrogen) atoms. The number of nitrogens with one attached hydrogen (secondary N) is 1. The largest absolute Gasteiger partial charge is 0.496 e. The standard InChI is InChI=1S/C21H26N2O5S/c1-3-19(16-7-5-4-6-8-16)22-29(25,26)17-9-10-20(27-2)18(15-17)21(24)23-11-13-28-14-12-23/h4-10,15,19,22H,3,11-14H2,1-2H3/t19-/m0/s1. The Morgan fingerprint density at radius 2 is 1.86 bits per heavy atom. The summed E-state index contributed by atoms with van der Waals surface area (Å²) in [5.74, 6) is 0.0767. The summed E-state index contributed by atoms with van der Waals surface area (Å²) in [4.78, 5) is 14.6. The highest BCUT2D eigenvalue weighted by molar-refractivity contribution is 7.89. The van der Waals surface area contributed by atoms with Gasteiger partial charge in [0, 0.05) is 19.1 Å². The minimum Gasteiger partial charge on any atom is -0.496 e. The molecule has 1 saturated heterocycles. The van der Waals surface area contributed by atoms with Gasteiger partial charge in [0.05, 0.1) is 30.8 Å². The van der Waals surface area contributed by atoms with E-state index >= 15 is 0 Å². The molecule has 156 valence electrons. The number of rotatable bonds is 7. The van der Waals surface area contributed by atoms with Gasteiger partial charge in [-0.1, -0.05) is 37.3 Å². The number of amides is 1. The molecule has 2 aromatic rings. The van der Waals surface area contributed by atoms with Gasteiger partial charge >= 0.3 is 0 Å². The summed E-state index contributed by atoms with van der Waals surface area (Å²) in [5, 5.41) is 0. The Bertz CT molecular complexity index is 941. The van der Waals surface area contributed by atoms with Crippen LogP contribution in [0.3, 0.4) is 0 Å². The molecule has 1 amide bonds. The van der Waals surface area contributed by atoms with Crippen molar-refractivity contribution in [2.24, 2.45) is 0 Å². The molecule has 1 fully saturated rings. The molecule has 0 bridgehead atoms. The molecule has 0 unspecified atom stereocenters. The van der Waals surface area contributed by atoms with Gasteiger partial charge in [-0.3, -0.25) is 4.79 Å². The molecule has 0 spiro atoms. The van der Waals surface area contributed by atoms with Crippen LogP contribution in [0.5, 0.6) is 5.75 Å². The minimum atomic E-state index is -3.83. The number of hydrogen-bond donors (Lipinski definition) is 1. The molecule has 1 aliphatic rings. The van der Waals surface area contributed by atoms with Crippen LogP contribution >= 0.6 is 0 Å². The lowest BCUT2D eigenvalue weighted by atomic mass is 10.1. The Balaban J connectivity index is 1.90. The zero-order valence-electron chi connectivity index (χ0n) is 16.6. The quantitative estimate of drug-likeness (QED) is 0.747. The number of carbonyl (C=O) groups excluding carboxylic acids is 1. The lowest BCUT2D eigenvalue weighted by molar-refractivity contribution is 0.0300. The van der Waals surface area contributed by atoms with Crippen LogP contribution in [0, 0.1) is 0 Å². The van der Waals surface area contributed by atoms with Crippen LogP contribution in [-0.4, -0.2) is 52.6 Å². The van der Waals surface area contributed by atoms with E-state index in [4.69, 9.17) is 9.47 Å². The first kappa shape index (κ1) is 21.3. The van der Waals surface area contributed by atoms with Crippen LogP contribution in [0.2, 0.25) is 0 Å². The Hall–Kier alpha value is -2.42. The lowest BCUT2D eigenvalue weighted by Gasteiger charge is -2.27. The lowest BCUT2D eigenvalue weighted by Crippen LogP contribution is -2.40. The third kappa shape index (κ3) is 4.95. The minimum absolute atomic E-state index is 0.0318. The number of morpholine rings is 1. The van der Waals surface area contributed by atoms with E-state index in [-0.39, 0.29) is 22.4 Å². The number of benzene rings is 2. The van der Waals surface area contributed by atoms with Gasteiger partial charge in [-0.05, 0) is 30.2 Å². The molecule has 0 aromatic heterocycles. The molecule has 1 aliphatic heterocycles. The second-order valence-corrected chi connectivity index (χ2v) is 8.47. The Morgan fingerprint density at radius 1 is 1.17 bits per heavy atom. The number of carbonyl (C=O) groups is 1. The first-order chi connectivity index (χ1) is 14.0. The third-order valence-corrected chi connectivity index (χ3v) is 6.39. The van der Waals surface area contributed by atoms with E-state index in [0.29, 0.717) is 38.5 Å². The van der Waals surface area contributed by atoms with Crippen molar-refractivity contribution in [3.05, 3.63) is 59.7 Å². The van der Waals surface area contributed by atoms with Crippen molar-refractivity contribution < 1.29 is 22.7 Å². The second kappa shape index (κ2) is 9.39. The molecular weight excluding hydrogens is 392 g/mol. The average molecular weight is 419 g/mol. The van der Waals surface area contributed by atoms with Crippen LogP contribution in [-0.2, 0) is 14.8 Å². The molecular formula is C21H26N2O5S. The zero-order valence-corrected chi connectivity index (χ0v) is 17.4. The molecule has 3 rings (SSSR count). The van der Waals surface area contributed by atoms with Crippen LogP contribution in [0.25, 0.3) is 0 Å². The van der Waals surface area contributed by atoms with E-state index in [1.165, 1.54) is 25.3 Å². The summed E-state index contributed by atoms with van der Waals surface area (Å²) < 4.78 is 39.4. The Kier molecular flexibility index (Phi) is 6.89. The summed E-state index contributed by atoms with van der Waals surface area (Å²) in [6.45, 7) is 3.76. The fourth-order valence-electron chi connectivity index (χ4n) is 3.29. The highest BCUT2D eigenvalue weighted by atomic mass is 32.2. The van der Waals surface area contributed by atoms with Crippen molar-refractivity contribution in [3.63, 3.8) is 0 Å². The molecule has 1 heterocycles. The number of sulfonamides is 1. The van der Waals surface area contributed by atoms with Crippen LogP contribution in [0.15, 0.2) is 53.4 Å². The number of methoxy groups -OCH3 is 1. The van der Waals surface area contributed by atoms with Crippen LogP contribution in [0.1, 0.15) is 35.3 Å². The Labute approximate surface area is 171 Å². The number of hydrogen-bond acceptors (Lipinski definition) is 5. The van der Waals surface area contributed by atoms with Crippen molar-refractivity contribution in [1.29, 1.82) is 0 Å². The fourth-order valence-corrected chi connectivity index (χ4v) is 4.62. The number of nitrogens with zero attached hydrogens (tertiary/aromatic N) is 1. The van der Waals surface area contributed by atoms with Gasteiger partial charge in [-0.2, -0.15) is 0 Å². The van der Waals surface area contributed by atoms with Crippen LogP contribution in [0.4, 0.5) is 0 Å². The van der Waals surface area contributed by atoms with Gasteiger partial charge in [-0.25, -0.2) is 13.1 Å². The molecule has 0 saturated carbocycles. The van der Waals surface area contributed by atoms with E-state index in [0.717, 1.165) is 5.56 Å². The molecule has 0 radical (unpaired) electrons.